The van der Waals surface area contributed by atoms with Gasteiger partial charge in [-0.25, -0.2) is 8.78 Å². The molecule has 0 unspecified atom stereocenters. The fourth-order valence-corrected chi connectivity index (χ4v) is 3.43. The Morgan fingerprint density at radius 1 is 1.00 bits per heavy atom. The molecule has 4 atom stereocenters. The zero-order chi connectivity index (χ0) is 22.4. The van der Waals surface area contributed by atoms with Crippen LogP contribution in [0.4, 0.5) is 8.78 Å². The van der Waals surface area contributed by atoms with E-state index in [9.17, 15) is 19.0 Å². The lowest BCUT2D eigenvalue weighted by Gasteiger charge is -2.28. The Hall–Kier alpha value is -1.94. The van der Waals surface area contributed by atoms with Crippen molar-refractivity contribution in [3.8, 4) is 0 Å². The molecule has 2 aromatic carbocycles. The average molecular weight is 438 g/mol. The number of aliphatic hydroxyl groups excluding tert-OH is 2. The molecule has 8 heteroatoms. The van der Waals surface area contributed by atoms with Gasteiger partial charge in [-0.3, -0.25) is 0 Å². The Bertz CT molecular complexity index is 829. The average Bonchev–Trinajstić information content (AvgIpc) is 3.07. The summed E-state index contributed by atoms with van der Waals surface area (Å²) >= 11 is 0. The second kappa shape index (κ2) is 10.6. The summed E-state index contributed by atoms with van der Waals surface area (Å²) in [5, 5.41) is 19.6. The van der Waals surface area contributed by atoms with Crippen LogP contribution in [0.25, 0.3) is 0 Å². The second-order valence-electron chi connectivity index (χ2n) is 7.90. The maximum atomic E-state index is 13.9. The first-order valence-electron chi connectivity index (χ1n) is 10.1. The van der Waals surface area contributed by atoms with Gasteiger partial charge >= 0.3 is 0 Å². The van der Waals surface area contributed by atoms with Crippen molar-refractivity contribution in [2.24, 2.45) is 0 Å². The molecule has 1 heterocycles. The van der Waals surface area contributed by atoms with Gasteiger partial charge in [-0.05, 0) is 37.6 Å². The molecule has 3 rings (SSSR count). The van der Waals surface area contributed by atoms with Crippen molar-refractivity contribution in [2.45, 2.75) is 57.3 Å². The van der Waals surface area contributed by atoms with E-state index in [4.69, 9.17) is 18.9 Å². The molecule has 0 bridgehead atoms. The van der Waals surface area contributed by atoms with Gasteiger partial charge in [0, 0.05) is 5.56 Å². The zero-order valence-corrected chi connectivity index (χ0v) is 17.5. The maximum Gasteiger partial charge on any atom is 0.164 e. The molecule has 1 aliphatic heterocycles. The van der Waals surface area contributed by atoms with Gasteiger partial charge in [-0.15, -0.1) is 0 Å². The van der Waals surface area contributed by atoms with E-state index < -0.39 is 36.8 Å². The van der Waals surface area contributed by atoms with E-state index in [2.05, 4.69) is 0 Å². The normalized spacial score (nSPS) is 22.4. The highest BCUT2D eigenvalue weighted by atomic mass is 19.1. The summed E-state index contributed by atoms with van der Waals surface area (Å²) in [7, 11) is 0. The second-order valence-corrected chi connectivity index (χ2v) is 7.90. The van der Waals surface area contributed by atoms with Crippen molar-refractivity contribution < 1.29 is 37.9 Å². The van der Waals surface area contributed by atoms with E-state index >= 15 is 0 Å². The molecule has 0 spiro atoms. The first kappa shape index (κ1) is 23.7. The number of benzene rings is 2. The highest BCUT2D eigenvalue weighted by Gasteiger charge is 2.48. The van der Waals surface area contributed by atoms with Crippen molar-refractivity contribution in [1.29, 1.82) is 0 Å². The van der Waals surface area contributed by atoms with Crippen molar-refractivity contribution in [2.75, 3.05) is 13.2 Å². The Balaban J connectivity index is 1.72. The molecule has 31 heavy (non-hydrogen) atoms. The van der Waals surface area contributed by atoms with Gasteiger partial charge in [0.1, 0.15) is 36.1 Å². The molecule has 2 N–H and O–H groups in total. The van der Waals surface area contributed by atoms with Gasteiger partial charge in [0.05, 0.1) is 26.4 Å². The van der Waals surface area contributed by atoms with Crippen molar-refractivity contribution in [3.63, 3.8) is 0 Å². The van der Waals surface area contributed by atoms with Crippen LogP contribution in [0.2, 0.25) is 0 Å². The summed E-state index contributed by atoms with van der Waals surface area (Å²) in [6.07, 6.45) is -3.49. The number of hydrogen-bond acceptors (Lipinski definition) is 6. The van der Waals surface area contributed by atoms with E-state index in [1.807, 2.05) is 0 Å². The molecule has 0 radical (unpaired) electrons. The van der Waals surface area contributed by atoms with Crippen LogP contribution in [0.3, 0.4) is 0 Å². The maximum absolute atomic E-state index is 13.9. The summed E-state index contributed by atoms with van der Waals surface area (Å²) in [5.74, 6) is -1.73. The Labute approximate surface area is 180 Å². The lowest BCUT2D eigenvalue weighted by atomic mass is 10.0. The van der Waals surface area contributed by atoms with Crippen LogP contribution in [0.1, 0.15) is 25.0 Å². The van der Waals surface area contributed by atoms with Crippen LogP contribution in [0.15, 0.2) is 48.5 Å². The minimum atomic E-state index is -1.18. The zero-order valence-electron chi connectivity index (χ0n) is 17.5. The number of aliphatic hydroxyl groups is 2. The molecular weight excluding hydrogens is 410 g/mol. The molecule has 6 nitrogen and oxygen atoms in total. The minimum absolute atomic E-state index is 0.0211. The topological polar surface area (TPSA) is 77.4 Å². The van der Waals surface area contributed by atoms with Crippen molar-refractivity contribution in [1.82, 2.24) is 0 Å². The first-order chi connectivity index (χ1) is 14.8. The third kappa shape index (κ3) is 6.52. The molecule has 170 valence electrons. The van der Waals surface area contributed by atoms with Gasteiger partial charge in [-0.1, -0.05) is 30.3 Å². The fraction of sp³-hybridized carbons (Fsp3) is 0.478. The molecule has 0 aromatic heterocycles. The predicted octanol–water partition coefficient (Wildman–Crippen LogP) is 2.94. The third-order valence-electron chi connectivity index (χ3n) is 4.97. The van der Waals surface area contributed by atoms with Crippen LogP contribution >= 0.6 is 0 Å². The van der Waals surface area contributed by atoms with E-state index in [0.29, 0.717) is 5.56 Å². The van der Waals surface area contributed by atoms with E-state index in [-0.39, 0.29) is 31.5 Å². The van der Waals surface area contributed by atoms with Crippen molar-refractivity contribution in [3.05, 3.63) is 71.3 Å². The molecule has 2 aromatic rings. The number of rotatable bonds is 10. The SMILES string of the molecule is CC1(C)O[C@H]([C@H](O)CO)[C@@H]([C@@H](COCc2ccccc2F)OCc2ccc(F)cc2)O1. The fourth-order valence-electron chi connectivity index (χ4n) is 3.43. The van der Waals surface area contributed by atoms with Gasteiger partial charge in [-0.2, -0.15) is 0 Å². The molecule has 1 fully saturated rings. The number of ether oxygens (including phenoxy) is 4. The Kier molecular flexibility index (Phi) is 8.10. The van der Waals surface area contributed by atoms with Gasteiger partial charge in [0.2, 0.25) is 0 Å². The van der Waals surface area contributed by atoms with Crippen LogP contribution < -0.4 is 0 Å². The summed E-state index contributed by atoms with van der Waals surface area (Å²) in [4.78, 5) is 0. The van der Waals surface area contributed by atoms with E-state index in [0.717, 1.165) is 5.56 Å². The standard InChI is InChI=1S/C23H28F2O6/c1-23(2)30-21(19(27)11-26)22(31-23)20(29-12-15-7-9-17(24)10-8-15)14-28-13-16-5-3-4-6-18(16)25/h3-10,19-22,26-27H,11-14H2,1-2H3/t19-,20-,21-,22-/m1/s1. The highest BCUT2D eigenvalue weighted by Crippen LogP contribution is 2.33. The highest BCUT2D eigenvalue weighted by molar-refractivity contribution is 5.16. The Morgan fingerprint density at radius 3 is 2.35 bits per heavy atom. The predicted molar refractivity (Wildman–Crippen MR) is 108 cm³/mol. The van der Waals surface area contributed by atoms with Gasteiger partial charge < -0.3 is 29.2 Å². The van der Waals surface area contributed by atoms with Crippen LogP contribution in [0.5, 0.6) is 0 Å². The van der Waals surface area contributed by atoms with E-state index in [1.54, 1.807) is 44.2 Å². The molecule has 1 saturated heterocycles. The third-order valence-corrected chi connectivity index (χ3v) is 4.97. The summed E-state index contributed by atoms with van der Waals surface area (Å²) in [6.45, 7) is 3.06. The quantitative estimate of drug-likeness (QED) is 0.594. The number of hydrogen-bond donors (Lipinski definition) is 2. The summed E-state index contributed by atoms with van der Waals surface area (Å²) < 4.78 is 50.5. The monoisotopic (exact) mass is 438 g/mol. The molecule has 0 saturated carbocycles. The lowest BCUT2D eigenvalue weighted by molar-refractivity contribution is -0.169. The largest absolute Gasteiger partial charge is 0.394 e. The lowest BCUT2D eigenvalue weighted by Crippen LogP contribution is -2.46. The molecule has 0 aliphatic carbocycles. The van der Waals surface area contributed by atoms with Gasteiger partial charge in [0.25, 0.3) is 0 Å². The number of halogens is 2. The molecule has 1 aliphatic rings. The van der Waals surface area contributed by atoms with Crippen molar-refractivity contribution >= 4 is 0 Å². The smallest absolute Gasteiger partial charge is 0.164 e. The molecular formula is C23H28F2O6. The first-order valence-corrected chi connectivity index (χ1v) is 10.1. The Morgan fingerprint density at radius 2 is 1.68 bits per heavy atom. The van der Waals surface area contributed by atoms with Gasteiger partial charge in [0.15, 0.2) is 5.79 Å². The van der Waals surface area contributed by atoms with Crippen LogP contribution in [-0.4, -0.2) is 53.6 Å². The minimum Gasteiger partial charge on any atom is -0.394 e. The van der Waals surface area contributed by atoms with Crippen LogP contribution in [-0.2, 0) is 32.2 Å². The summed E-state index contributed by atoms with van der Waals surface area (Å²) in [6, 6.07) is 12.2. The van der Waals surface area contributed by atoms with Crippen LogP contribution in [0, 0.1) is 11.6 Å². The summed E-state index contributed by atoms with van der Waals surface area (Å²) in [5.41, 5.74) is 1.13. The van der Waals surface area contributed by atoms with E-state index in [1.165, 1.54) is 18.2 Å². The molecule has 0 amide bonds.